The lowest BCUT2D eigenvalue weighted by Gasteiger charge is -2.18. The quantitative estimate of drug-likeness (QED) is 0.549. The van der Waals surface area contributed by atoms with Gasteiger partial charge in [-0.2, -0.15) is 13.2 Å². The number of hydrogen-bond acceptors (Lipinski definition) is 0. The van der Waals surface area contributed by atoms with Gasteiger partial charge >= 0.3 is 13.2 Å². The minimum Gasteiger partial charge on any atom is -0.449 e. The molecule has 0 saturated carbocycles. The number of hydrogen-bond donors (Lipinski definition) is 0. The van der Waals surface area contributed by atoms with Crippen molar-refractivity contribution >= 4 is 6.98 Å². The Hall–Kier alpha value is -1.21. The summed E-state index contributed by atoms with van der Waals surface area (Å²) in [4.78, 5) is 0. The smallest absolute Gasteiger partial charge is 0.449 e. The predicted octanol–water partition coefficient (Wildman–Crippen LogP) is 3.77. The van der Waals surface area contributed by atoms with E-state index in [9.17, 15) is 30.5 Å². The highest BCUT2D eigenvalue weighted by atomic mass is 19.4. The molecule has 16 heavy (non-hydrogen) atoms. The van der Waals surface area contributed by atoms with Crippen molar-refractivity contribution in [3.8, 4) is 0 Å². The molecule has 0 aliphatic heterocycles. The van der Waals surface area contributed by atoms with Gasteiger partial charge in [-0.3, -0.25) is 0 Å². The van der Waals surface area contributed by atoms with Crippen molar-refractivity contribution in [1.29, 1.82) is 0 Å². The molecule has 0 N–H and O–H groups in total. The average Bonchev–Trinajstić information content (AvgIpc) is 1.97. The van der Waals surface area contributed by atoms with E-state index in [4.69, 9.17) is 0 Å². The van der Waals surface area contributed by atoms with Gasteiger partial charge in [-0.05, 0) is 6.07 Å². The van der Waals surface area contributed by atoms with Gasteiger partial charge in [-0.1, -0.05) is 24.0 Å². The molecule has 1 rings (SSSR count). The second kappa shape index (κ2) is 3.99. The van der Waals surface area contributed by atoms with Gasteiger partial charge in [0, 0.05) is 0 Å². The first-order valence-corrected chi connectivity index (χ1v) is 4.17. The van der Waals surface area contributed by atoms with Gasteiger partial charge in [0.15, 0.2) is 0 Å². The largest absolute Gasteiger partial charge is 0.482 e. The van der Waals surface area contributed by atoms with Gasteiger partial charge < -0.3 is 12.9 Å². The van der Waals surface area contributed by atoms with Gasteiger partial charge in [-0.25, -0.2) is 4.39 Å². The van der Waals surface area contributed by atoms with Crippen LogP contribution in [-0.2, 0) is 12.5 Å². The van der Waals surface area contributed by atoms with Crippen LogP contribution in [0.25, 0.3) is 0 Å². The Morgan fingerprint density at radius 2 is 1.62 bits per heavy atom. The van der Waals surface area contributed by atoms with E-state index < -0.39 is 36.4 Å². The van der Waals surface area contributed by atoms with E-state index in [0.717, 1.165) is 6.07 Å². The van der Waals surface area contributed by atoms with Crippen LogP contribution < -0.4 is 0 Å². The lowest BCUT2D eigenvalue weighted by molar-refractivity contribution is -0.140. The molecule has 8 heteroatoms. The lowest BCUT2D eigenvalue weighted by Crippen LogP contribution is -2.23. The van der Waals surface area contributed by atoms with Gasteiger partial charge in [-0.15, -0.1) is 0 Å². The SMILES string of the molecule is Fc1cccc(C[B-](F)(F)F)c1C(F)(F)F. The molecular weight excluding hydrogens is 240 g/mol. The molecule has 0 amide bonds. The Morgan fingerprint density at radius 3 is 2.06 bits per heavy atom. The summed E-state index contributed by atoms with van der Waals surface area (Å²) in [6, 6.07) is 1.93. The number of halogens is 7. The fraction of sp³-hybridized carbons (Fsp3) is 0.250. The monoisotopic (exact) mass is 245 g/mol. The van der Waals surface area contributed by atoms with Crippen LogP contribution in [0.3, 0.4) is 0 Å². The second-order valence-corrected chi connectivity index (χ2v) is 3.19. The molecule has 1 aromatic carbocycles. The highest BCUT2D eigenvalue weighted by Gasteiger charge is 2.38. The summed E-state index contributed by atoms with van der Waals surface area (Å²) in [6.45, 7) is -5.44. The Balaban J connectivity index is 3.24. The third kappa shape index (κ3) is 3.14. The molecule has 0 radical (unpaired) electrons. The summed E-state index contributed by atoms with van der Waals surface area (Å²) in [5.41, 5.74) is -2.92. The summed E-state index contributed by atoms with van der Waals surface area (Å²) >= 11 is 0. The molecule has 1 aromatic rings. The van der Waals surface area contributed by atoms with E-state index in [2.05, 4.69) is 0 Å². The van der Waals surface area contributed by atoms with Gasteiger partial charge in [0.2, 0.25) is 0 Å². The van der Waals surface area contributed by atoms with Crippen LogP contribution in [0.5, 0.6) is 0 Å². The van der Waals surface area contributed by atoms with E-state index in [1.807, 2.05) is 0 Å². The van der Waals surface area contributed by atoms with E-state index >= 15 is 0 Å². The Labute approximate surface area is 86.1 Å². The van der Waals surface area contributed by atoms with E-state index in [-0.39, 0.29) is 0 Å². The Bertz CT molecular complexity index is 379. The lowest BCUT2D eigenvalue weighted by atomic mass is 9.80. The van der Waals surface area contributed by atoms with Crippen molar-refractivity contribution in [1.82, 2.24) is 0 Å². The van der Waals surface area contributed by atoms with Crippen molar-refractivity contribution in [3.63, 3.8) is 0 Å². The van der Waals surface area contributed by atoms with Gasteiger partial charge in [0.25, 0.3) is 0 Å². The molecule has 0 spiro atoms. The third-order valence-electron chi connectivity index (χ3n) is 1.83. The average molecular weight is 245 g/mol. The van der Waals surface area contributed by atoms with Gasteiger partial charge in [0.05, 0.1) is 5.56 Å². The Morgan fingerprint density at radius 1 is 1.06 bits per heavy atom. The molecule has 90 valence electrons. The first-order chi connectivity index (χ1) is 7.11. The molecular formula is C8H5BF7-. The minimum absolute atomic E-state index is 0.482. The van der Waals surface area contributed by atoms with Crippen LogP contribution in [0.1, 0.15) is 11.1 Å². The Kier molecular flexibility index (Phi) is 3.21. The summed E-state index contributed by atoms with van der Waals surface area (Å²) in [5, 5.41) is 0. The normalized spacial score (nSPS) is 12.9. The number of rotatable bonds is 2. The molecule has 0 bridgehead atoms. The second-order valence-electron chi connectivity index (χ2n) is 3.19. The maximum absolute atomic E-state index is 12.8. The van der Waals surface area contributed by atoms with Crippen molar-refractivity contribution in [3.05, 3.63) is 35.1 Å². The predicted molar refractivity (Wildman–Crippen MR) is 44.2 cm³/mol. The molecule has 0 aromatic heterocycles. The van der Waals surface area contributed by atoms with Crippen LogP contribution in [0.4, 0.5) is 30.5 Å². The van der Waals surface area contributed by atoms with Crippen LogP contribution in [0.15, 0.2) is 18.2 Å². The topological polar surface area (TPSA) is 0 Å². The summed E-state index contributed by atoms with van der Waals surface area (Å²) in [7, 11) is 0. The minimum atomic E-state index is -5.44. The summed E-state index contributed by atoms with van der Waals surface area (Å²) in [6.07, 6.45) is -6.87. The third-order valence-corrected chi connectivity index (χ3v) is 1.83. The van der Waals surface area contributed by atoms with Crippen LogP contribution in [-0.4, -0.2) is 6.98 Å². The molecule has 0 fully saturated rings. The highest BCUT2D eigenvalue weighted by Crippen LogP contribution is 2.35. The first-order valence-electron chi connectivity index (χ1n) is 4.17. The van der Waals surface area contributed by atoms with Crippen LogP contribution >= 0.6 is 0 Å². The molecule has 0 atom stereocenters. The zero-order valence-corrected chi connectivity index (χ0v) is 7.66. The first kappa shape index (κ1) is 12.9. The van der Waals surface area contributed by atoms with Crippen LogP contribution in [0, 0.1) is 5.82 Å². The van der Waals surface area contributed by atoms with Crippen molar-refractivity contribution in [2.45, 2.75) is 12.5 Å². The molecule has 0 nitrogen and oxygen atoms in total. The molecule has 0 saturated heterocycles. The summed E-state index contributed by atoms with van der Waals surface area (Å²) in [5.74, 6) is -1.69. The zero-order valence-electron chi connectivity index (χ0n) is 7.66. The molecule has 0 heterocycles. The fourth-order valence-electron chi connectivity index (χ4n) is 1.31. The van der Waals surface area contributed by atoms with Crippen molar-refractivity contribution < 1.29 is 30.5 Å². The van der Waals surface area contributed by atoms with Crippen molar-refractivity contribution in [2.24, 2.45) is 0 Å². The van der Waals surface area contributed by atoms with Crippen LogP contribution in [0.2, 0.25) is 0 Å². The molecule has 0 unspecified atom stereocenters. The maximum atomic E-state index is 12.8. The highest BCUT2D eigenvalue weighted by molar-refractivity contribution is 6.57. The molecule has 0 aliphatic carbocycles. The maximum Gasteiger partial charge on any atom is 0.482 e. The summed E-state index contributed by atoms with van der Waals surface area (Å²) < 4.78 is 85.7. The van der Waals surface area contributed by atoms with E-state index in [0.29, 0.717) is 12.1 Å². The van der Waals surface area contributed by atoms with E-state index in [1.165, 1.54) is 0 Å². The van der Waals surface area contributed by atoms with E-state index in [1.54, 1.807) is 0 Å². The standard InChI is InChI=1S/C8H5BF7/c10-6-3-1-2-5(4-9(14,15)16)7(6)8(11,12)13/h1-3H,4H2/q-1. The van der Waals surface area contributed by atoms with Crippen molar-refractivity contribution in [2.75, 3.05) is 0 Å². The fourth-order valence-corrected chi connectivity index (χ4v) is 1.31. The number of alkyl halides is 3. The molecule has 0 aliphatic rings. The zero-order chi connectivity index (χ0) is 12.6. The van der Waals surface area contributed by atoms with Gasteiger partial charge in [0.1, 0.15) is 5.82 Å². The number of benzene rings is 1.